The topological polar surface area (TPSA) is 29.5 Å². The van der Waals surface area contributed by atoms with Crippen molar-refractivity contribution in [3.8, 4) is 0 Å². The van der Waals surface area contributed by atoms with Gasteiger partial charge >= 0.3 is 0 Å². The molecule has 0 saturated heterocycles. The van der Waals surface area contributed by atoms with E-state index in [-0.39, 0.29) is 25.1 Å². The first-order valence-electron chi connectivity index (χ1n) is 5.86. The SMILES string of the molecule is OCC1CCC(OCc2c(F)cccc2Cl)C1. The van der Waals surface area contributed by atoms with E-state index >= 15 is 0 Å². The Balaban J connectivity index is 1.90. The van der Waals surface area contributed by atoms with Crippen LogP contribution < -0.4 is 0 Å². The van der Waals surface area contributed by atoms with Crippen molar-refractivity contribution >= 4 is 11.6 Å². The number of halogens is 2. The van der Waals surface area contributed by atoms with Crippen molar-refractivity contribution in [3.05, 3.63) is 34.6 Å². The van der Waals surface area contributed by atoms with Crippen molar-refractivity contribution in [2.24, 2.45) is 5.92 Å². The summed E-state index contributed by atoms with van der Waals surface area (Å²) in [5.74, 6) is 0.00490. The van der Waals surface area contributed by atoms with Gasteiger partial charge in [-0.1, -0.05) is 17.7 Å². The predicted molar refractivity (Wildman–Crippen MR) is 64.4 cm³/mol. The Bertz CT molecular complexity index is 363. The molecule has 0 spiro atoms. The fourth-order valence-corrected chi connectivity index (χ4v) is 2.44. The molecule has 0 aromatic heterocycles. The quantitative estimate of drug-likeness (QED) is 0.899. The van der Waals surface area contributed by atoms with Gasteiger partial charge in [-0.25, -0.2) is 4.39 Å². The first-order chi connectivity index (χ1) is 8.20. The van der Waals surface area contributed by atoms with Crippen LogP contribution in [0.3, 0.4) is 0 Å². The zero-order chi connectivity index (χ0) is 12.3. The summed E-state index contributed by atoms with van der Waals surface area (Å²) >= 11 is 5.91. The molecule has 1 N–H and O–H groups in total. The Morgan fingerprint density at radius 1 is 1.41 bits per heavy atom. The molecule has 0 bridgehead atoms. The number of hydrogen-bond acceptors (Lipinski definition) is 2. The molecule has 17 heavy (non-hydrogen) atoms. The highest BCUT2D eigenvalue weighted by Crippen LogP contribution is 2.29. The van der Waals surface area contributed by atoms with Crippen LogP contribution in [-0.2, 0) is 11.3 Å². The lowest BCUT2D eigenvalue weighted by Crippen LogP contribution is -2.10. The van der Waals surface area contributed by atoms with Crippen molar-refractivity contribution in [1.29, 1.82) is 0 Å². The average molecular weight is 259 g/mol. The Hall–Kier alpha value is -0.640. The monoisotopic (exact) mass is 258 g/mol. The second-order valence-electron chi connectivity index (χ2n) is 4.49. The minimum absolute atomic E-state index is 0.114. The van der Waals surface area contributed by atoms with E-state index in [9.17, 15) is 4.39 Å². The highest BCUT2D eigenvalue weighted by atomic mass is 35.5. The number of hydrogen-bond donors (Lipinski definition) is 1. The van der Waals surface area contributed by atoms with E-state index in [0.717, 1.165) is 19.3 Å². The Morgan fingerprint density at radius 3 is 2.88 bits per heavy atom. The minimum Gasteiger partial charge on any atom is -0.396 e. The van der Waals surface area contributed by atoms with Gasteiger partial charge in [-0.15, -0.1) is 0 Å². The molecule has 2 rings (SSSR count). The first kappa shape index (κ1) is 12.8. The third kappa shape index (κ3) is 3.18. The van der Waals surface area contributed by atoms with Crippen molar-refractivity contribution in [3.63, 3.8) is 0 Å². The van der Waals surface area contributed by atoms with Crippen LogP contribution in [0, 0.1) is 11.7 Å². The second-order valence-corrected chi connectivity index (χ2v) is 4.90. The van der Waals surface area contributed by atoms with Crippen molar-refractivity contribution in [2.75, 3.05) is 6.61 Å². The van der Waals surface area contributed by atoms with Crippen LogP contribution in [0.15, 0.2) is 18.2 Å². The fraction of sp³-hybridized carbons (Fsp3) is 0.538. The van der Waals surface area contributed by atoms with Gasteiger partial charge in [-0.05, 0) is 37.3 Å². The fourth-order valence-electron chi connectivity index (χ4n) is 2.22. The summed E-state index contributed by atoms with van der Waals surface area (Å²) in [6.45, 7) is 0.411. The van der Waals surface area contributed by atoms with Gasteiger partial charge in [-0.2, -0.15) is 0 Å². The van der Waals surface area contributed by atoms with E-state index < -0.39 is 0 Å². The van der Waals surface area contributed by atoms with Crippen LogP contribution in [0.25, 0.3) is 0 Å². The largest absolute Gasteiger partial charge is 0.396 e. The van der Waals surface area contributed by atoms with Crippen LogP contribution in [-0.4, -0.2) is 17.8 Å². The molecular weight excluding hydrogens is 243 g/mol. The molecule has 1 aromatic rings. The molecule has 2 atom stereocenters. The molecule has 0 amide bonds. The molecule has 4 heteroatoms. The molecule has 2 unspecified atom stereocenters. The lowest BCUT2D eigenvalue weighted by Gasteiger charge is -2.13. The average Bonchev–Trinajstić information content (AvgIpc) is 2.76. The van der Waals surface area contributed by atoms with Gasteiger partial charge in [-0.3, -0.25) is 0 Å². The maximum absolute atomic E-state index is 13.5. The lowest BCUT2D eigenvalue weighted by atomic mass is 10.1. The molecule has 0 radical (unpaired) electrons. The predicted octanol–water partition coefficient (Wildman–Crippen LogP) is 3.16. The van der Waals surface area contributed by atoms with Gasteiger partial charge in [0.15, 0.2) is 0 Å². The third-order valence-electron chi connectivity index (χ3n) is 3.28. The van der Waals surface area contributed by atoms with Crippen molar-refractivity contribution in [2.45, 2.75) is 32.0 Å². The van der Waals surface area contributed by atoms with Gasteiger partial charge in [0, 0.05) is 17.2 Å². The number of aliphatic hydroxyl groups excluding tert-OH is 1. The zero-order valence-corrected chi connectivity index (χ0v) is 10.3. The maximum atomic E-state index is 13.5. The van der Waals surface area contributed by atoms with E-state index in [1.54, 1.807) is 12.1 Å². The van der Waals surface area contributed by atoms with E-state index in [0.29, 0.717) is 16.5 Å². The molecule has 1 aliphatic carbocycles. The van der Waals surface area contributed by atoms with Gasteiger partial charge in [0.05, 0.1) is 12.7 Å². The zero-order valence-electron chi connectivity index (χ0n) is 9.53. The van der Waals surface area contributed by atoms with E-state index in [1.807, 2.05) is 0 Å². The maximum Gasteiger partial charge on any atom is 0.130 e. The van der Waals surface area contributed by atoms with Gasteiger partial charge in [0.1, 0.15) is 5.82 Å². The Labute approximate surface area is 105 Å². The number of rotatable bonds is 4. The second kappa shape index (κ2) is 5.80. The number of benzene rings is 1. The van der Waals surface area contributed by atoms with Crippen molar-refractivity contribution < 1.29 is 14.2 Å². The standard InChI is InChI=1S/C13H16ClFO2/c14-12-2-1-3-13(15)11(12)8-17-10-5-4-9(6-10)7-16/h1-3,9-10,16H,4-8H2. The highest BCUT2D eigenvalue weighted by molar-refractivity contribution is 6.31. The minimum atomic E-state index is -0.325. The van der Waals surface area contributed by atoms with Gasteiger partial charge in [0.2, 0.25) is 0 Å². The molecule has 1 saturated carbocycles. The summed E-state index contributed by atoms with van der Waals surface area (Å²) < 4.78 is 19.1. The summed E-state index contributed by atoms with van der Waals surface area (Å²) in [6.07, 6.45) is 2.87. The van der Waals surface area contributed by atoms with Gasteiger partial charge in [0.25, 0.3) is 0 Å². The number of ether oxygens (including phenoxy) is 1. The van der Waals surface area contributed by atoms with Crippen LogP contribution in [0.1, 0.15) is 24.8 Å². The molecule has 1 aliphatic rings. The molecule has 0 heterocycles. The van der Waals surface area contributed by atoms with Crippen LogP contribution >= 0.6 is 11.6 Å². The first-order valence-corrected chi connectivity index (χ1v) is 6.24. The molecule has 1 aromatic carbocycles. The Morgan fingerprint density at radius 2 is 2.24 bits per heavy atom. The number of aliphatic hydroxyl groups is 1. The summed E-state index contributed by atoms with van der Waals surface area (Å²) in [5.41, 5.74) is 0.418. The smallest absolute Gasteiger partial charge is 0.130 e. The molecule has 94 valence electrons. The summed E-state index contributed by atoms with van der Waals surface area (Å²) in [5, 5.41) is 9.42. The van der Waals surface area contributed by atoms with Crippen molar-refractivity contribution in [1.82, 2.24) is 0 Å². The van der Waals surface area contributed by atoms with E-state index in [2.05, 4.69) is 0 Å². The van der Waals surface area contributed by atoms with E-state index in [1.165, 1.54) is 6.07 Å². The third-order valence-corrected chi connectivity index (χ3v) is 3.63. The van der Waals surface area contributed by atoms with Crippen LogP contribution in [0.2, 0.25) is 5.02 Å². The highest BCUT2D eigenvalue weighted by Gasteiger charge is 2.25. The van der Waals surface area contributed by atoms with E-state index in [4.69, 9.17) is 21.4 Å². The van der Waals surface area contributed by atoms with Gasteiger partial charge < -0.3 is 9.84 Å². The molecule has 1 fully saturated rings. The summed E-state index contributed by atoms with van der Waals surface area (Å²) in [6, 6.07) is 4.63. The molecule has 0 aliphatic heterocycles. The summed E-state index contributed by atoms with van der Waals surface area (Å²) in [4.78, 5) is 0. The summed E-state index contributed by atoms with van der Waals surface area (Å²) in [7, 11) is 0. The van der Waals surface area contributed by atoms with Crippen LogP contribution in [0.4, 0.5) is 4.39 Å². The molecular formula is C13H16ClFO2. The Kier molecular flexibility index (Phi) is 4.37. The molecule has 2 nitrogen and oxygen atoms in total. The van der Waals surface area contributed by atoms with Crippen LogP contribution in [0.5, 0.6) is 0 Å². The lowest BCUT2D eigenvalue weighted by molar-refractivity contribution is 0.0393. The normalized spacial score (nSPS) is 24.2.